The highest BCUT2D eigenvalue weighted by Crippen LogP contribution is 2.18. The van der Waals surface area contributed by atoms with Crippen molar-refractivity contribution in [2.75, 3.05) is 6.54 Å². The number of aromatic nitrogens is 1. The van der Waals surface area contributed by atoms with E-state index in [-0.39, 0.29) is 12.2 Å². The molecular formula is C20H24N2O. The summed E-state index contributed by atoms with van der Waals surface area (Å²) in [6, 6.07) is 13.9. The first kappa shape index (κ1) is 18.5. The number of pyridine rings is 1. The lowest BCUT2D eigenvalue weighted by atomic mass is 10.0. The standard InChI is InChI=1S/C18H18N2O.C2H6/c1-2-14(10-11-19)18(21)12-17-9-8-16(13-20-17)15-6-4-3-5-7-15;1-2/h2-10,13H,1,11-12,19H2;1-2H3/b14-10+;. The predicted molar refractivity (Wildman–Crippen MR) is 97.1 cm³/mol. The Balaban J connectivity index is 0.00000127. The normalized spacial score (nSPS) is 10.5. The summed E-state index contributed by atoms with van der Waals surface area (Å²) in [7, 11) is 0. The van der Waals surface area contributed by atoms with Crippen molar-refractivity contribution in [1.29, 1.82) is 0 Å². The van der Waals surface area contributed by atoms with Crippen molar-refractivity contribution in [2.45, 2.75) is 20.3 Å². The molecule has 0 radical (unpaired) electrons. The van der Waals surface area contributed by atoms with Crippen molar-refractivity contribution in [3.8, 4) is 11.1 Å². The summed E-state index contributed by atoms with van der Waals surface area (Å²) in [6.45, 7) is 7.96. The van der Waals surface area contributed by atoms with Crippen molar-refractivity contribution in [1.82, 2.24) is 4.98 Å². The van der Waals surface area contributed by atoms with Gasteiger partial charge in [0.2, 0.25) is 0 Å². The lowest BCUT2D eigenvalue weighted by Gasteiger charge is -2.04. The van der Waals surface area contributed by atoms with Crippen LogP contribution in [0.4, 0.5) is 0 Å². The van der Waals surface area contributed by atoms with Gasteiger partial charge in [-0.1, -0.05) is 69.0 Å². The van der Waals surface area contributed by atoms with Gasteiger partial charge in [-0.15, -0.1) is 0 Å². The SMILES string of the molecule is C=C/C(=C\CN)C(=O)Cc1ccc(-c2ccccc2)cn1.CC. The highest BCUT2D eigenvalue weighted by atomic mass is 16.1. The van der Waals surface area contributed by atoms with Crippen LogP contribution in [0.25, 0.3) is 11.1 Å². The predicted octanol–water partition coefficient (Wildman–Crippen LogP) is 3.96. The number of ketones is 1. The van der Waals surface area contributed by atoms with Crippen LogP contribution in [-0.4, -0.2) is 17.3 Å². The molecule has 2 N–H and O–H groups in total. The zero-order valence-corrected chi connectivity index (χ0v) is 13.8. The van der Waals surface area contributed by atoms with Crippen molar-refractivity contribution >= 4 is 5.78 Å². The third-order valence-electron chi connectivity index (χ3n) is 3.15. The van der Waals surface area contributed by atoms with Crippen molar-refractivity contribution in [3.05, 3.63) is 78.7 Å². The summed E-state index contributed by atoms with van der Waals surface area (Å²) in [6.07, 6.45) is 5.26. The van der Waals surface area contributed by atoms with E-state index in [1.807, 2.05) is 56.3 Å². The van der Waals surface area contributed by atoms with Gasteiger partial charge in [0.05, 0.1) is 6.42 Å². The Bertz CT molecular complexity index is 643. The fraction of sp³-hybridized carbons (Fsp3) is 0.200. The summed E-state index contributed by atoms with van der Waals surface area (Å²) < 4.78 is 0. The molecule has 120 valence electrons. The summed E-state index contributed by atoms with van der Waals surface area (Å²) in [5.74, 6) is -0.0181. The van der Waals surface area contributed by atoms with E-state index in [9.17, 15) is 4.79 Å². The summed E-state index contributed by atoms with van der Waals surface area (Å²) in [5, 5.41) is 0. The Morgan fingerprint density at radius 3 is 2.35 bits per heavy atom. The molecule has 1 heterocycles. The molecule has 0 fully saturated rings. The summed E-state index contributed by atoms with van der Waals surface area (Å²) in [4.78, 5) is 16.4. The van der Waals surface area contributed by atoms with Gasteiger partial charge in [0.25, 0.3) is 0 Å². The Labute approximate surface area is 138 Å². The second-order valence-electron chi connectivity index (χ2n) is 4.60. The second kappa shape index (κ2) is 10.2. The first-order valence-electron chi connectivity index (χ1n) is 7.81. The van der Waals surface area contributed by atoms with E-state index in [0.29, 0.717) is 12.1 Å². The molecule has 23 heavy (non-hydrogen) atoms. The zero-order chi connectivity index (χ0) is 17.1. The second-order valence-corrected chi connectivity index (χ2v) is 4.60. The number of nitrogens with zero attached hydrogens (tertiary/aromatic N) is 1. The number of rotatable bonds is 6. The molecule has 0 bridgehead atoms. The molecule has 3 nitrogen and oxygen atoms in total. The number of Topliss-reactive ketones (excluding diaryl/α,β-unsaturated/α-hetero) is 1. The van der Waals surface area contributed by atoms with Crippen LogP contribution in [-0.2, 0) is 11.2 Å². The van der Waals surface area contributed by atoms with Crippen LogP contribution in [0.2, 0.25) is 0 Å². The van der Waals surface area contributed by atoms with E-state index < -0.39 is 0 Å². The first-order valence-corrected chi connectivity index (χ1v) is 7.81. The average molecular weight is 308 g/mol. The molecule has 0 saturated heterocycles. The van der Waals surface area contributed by atoms with E-state index >= 15 is 0 Å². The minimum atomic E-state index is -0.0181. The van der Waals surface area contributed by atoms with Crippen LogP contribution in [0, 0.1) is 0 Å². The molecule has 1 aromatic heterocycles. The molecule has 3 heteroatoms. The van der Waals surface area contributed by atoms with Gasteiger partial charge in [-0.05, 0) is 11.6 Å². The van der Waals surface area contributed by atoms with Crippen LogP contribution in [0.1, 0.15) is 19.5 Å². The number of hydrogen-bond donors (Lipinski definition) is 1. The lowest BCUT2D eigenvalue weighted by Crippen LogP contribution is -2.08. The van der Waals surface area contributed by atoms with Crippen LogP contribution in [0.3, 0.4) is 0 Å². The third-order valence-corrected chi connectivity index (χ3v) is 3.15. The maximum absolute atomic E-state index is 12.1. The number of nitrogens with two attached hydrogens (primary N) is 1. The fourth-order valence-electron chi connectivity index (χ4n) is 2.03. The van der Waals surface area contributed by atoms with Crippen LogP contribution >= 0.6 is 0 Å². The Morgan fingerprint density at radius 1 is 1.13 bits per heavy atom. The zero-order valence-electron chi connectivity index (χ0n) is 13.8. The molecular weight excluding hydrogens is 284 g/mol. The molecule has 0 spiro atoms. The number of hydrogen-bond acceptors (Lipinski definition) is 3. The largest absolute Gasteiger partial charge is 0.327 e. The van der Waals surface area contributed by atoms with Crippen LogP contribution < -0.4 is 5.73 Å². The third kappa shape index (κ3) is 5.64. The molecule has 2 aromatic rings. The smallest absolute Gasteiger partial charge is 0.168 e. The van der Waals surface area contributed by atoms with Gasteiger partial charge in [0.15, 0.2) is 5.78 Å². The van der Waals surface area contributed by atoms with Crippen LogP contribution in [0.15, 0.2) is 73.0 Å². The molecule has 0 amide bonds. The molecule has 0 saturated carbocycles. The van der Waals surface area contributed by atoms with Crippen molar-refractivity contribution < 1.29 is 4.79 Å². The van der Waals surface area contributed by atoms with Gasteiger partial charge < -0.3 is 5.73 Å². The highest BCUT2D eigenvalue weighted by molar-refractivity contribution is 5.99. The van der Waals surface area contributed by atoms with E-state index in [0.717, 1.165) is 16.8 Å². The monoisotopic (exact) mass is 308 g/mol. The maximum atomic E-state index is 12.1. The number of carbonyl (C=O) groups excluding carboxylic acids is 1. The topological polar surface area (TPSA) is 56.0 Å². The maximum Gasteiger partial charge on any atom is 0.168 e. The molecule has 0 unspecified atom stereocenters. The van der Waals surface area contributed by atoms with Gasteiger partial charge in [-0.25, -0.2) is 0 Å². The van der Waals surface area contributed by atoms with Crippen LogP contribution in [0.5, 0.6) is 0 Å². The molecule has 0 aliphatic heterocycles. The number of carbonyl (C=O) groups is 1. The minimum Gasteiger partial charge on any atom is -0.327 e. The quantitative estimate of drug-likeness (QED) is 0.649. The Morgan fingerprint density at radius 2 is 1.83 bits per heavy atom. The molecule has 1 aromatic carbocycles. The number of benzene rings is 1. The van der Waals surface area contributed by atoms with Gasteiger partial charge >= 0.3 is 0 Å². The summed E-state index contributed by atoms with van der Waals surface area (Å²) in [5.41, 5.74) is 8.86. The van der Waals surface area contributed by atoms with Gasteiger partial charge in [0.1, 0.15) is 0 Å². The van der Waals surface area contributed by atoms with Crippen molar-refractivity contribution in [2.24, 2.45) is 5.73 Å². The van der Waals surface area contributed by atoms with E-state index in [1.165, 1.54) is 6.08 Å². The fourth-order valence-corrected chi connectivity index (χ4v) is 2.03. The first-order chi connectivity index (χ1) is 11.2. The molecule has 0 aliphatic carbocycles. The molecule has 0 aliphatic rings. The average Bonchev–Trinajstić information content (AvgIpc) is 2.62. The van der Waals surface area contributed by atoms with Crippen molar-refractivity contribution in [3.63, 3.8) is 0 Å². The highest BCUT2D eigenvalue weighted by Gasteiger charge is 2.08. The minimum absolute atomic E-state index is 0.0181. The Hall–Kier alpha value is -2.52. The molecule has 2 rings (SSSR count). The van der Waals surface area contributed by atoms with E-state index in [4.69, 9.17) is 5.73 Å². The van der Waals surface area contributed by atoms with Gasteiger partial charge in [-0.2, -0.15) is 0 Å². The van der Waals surface area contributed by atoms with Gasteiger partial charge in [-0.3, -0.25) is 9.78 Å². The summed E-state index contributed by atoms with van der Waals surface area (Å²) >= 11 is 0. The van der Waals surface area contributed by atoms with Gasteiger partial charge in [0, 0.05) is 29.6 Å². The number of allylic oxidation sites excluding steroid dienone is 2. The molecule has 0 atom stereocenters. The van der Waals surface area contributed by atoms with E-state index in [2.05, 4.69) is 11.6 Å². The van der Waals surface area contributed by atoms with E-state index in [1.54, 1.807) is 12.3 Å². The lowest BCUT2D eigenvalue weighted by molar-refractivity contribution is -0.114. The Kier molecular flexibility index (Phi) is 8.25.